The number of phenols is 2. The van der Waals surface area contributed by atoms with Gasteiger partial charge in [-0.3, -0.25) is 14.2 Å². The lowest BCUT2D eigenvalue weighted by Gasteiger charge is -2.13. The molecule has 146 valence electrons. The fourth-order valence-electron chi connectivity index (χ4n) is 2.12. The van der Waals surface area contributed by atoms with Crippen molar-refractivity contribution in [1.29, 1.82) is 0 Å². The Balaban J connectivity index is 2.31. The Bertz CT molecular complexity index is 1100. The van der Waals surface area contributed by atoms with E-state index in [1.54, 1.807) is 0 Å². The van der Waals surface area contributed by atoms with Gasteiger partial charge in [-0.1, -0.05) is 6.07 Å². The molecule has 0 aliphatic heterocycles. The second kappa shape index (κ2) is 7.32. The number of hydrogen-bond acceptors (Lipinski definition) is 7. The summed E-state index contributed by atoms with van der Waals surface area (Å²) in [5, 5.41) is 22.1. The van der Waals surface area contributed by atoms with E-state index in [0.717, 1.165) is 18.6 Å². The van der Waals surface area contributed by atoms with Crippen LogP contribution in [0, 0.1) is 0 Å². The molecule has 1 amide bonds. The summed E-state index contributed by atoms with van der Waals surface area (Å²) in [4.78, 5) is 12.4. The quantitative estimate of drug-likeness (QED) is 0.441. The number of anilines is 3. The van der Waals surface area contributed by atoms with Gasteiger partial charge in [0, 0.05) is 11.8 Å². The molecule has 27 heavy (non-hydrogen) atoms. The van der Waals surface area contributed by atoms with E-state index in [0.29, 0.717) is 0 Å². The third-order valence-corrected chi connectivity index (χ3v) is 4.29. The summed E-state index contributed by atoms with van der Waals surface area (Å²) in [5.41, 5.74) is -0.409. The normalized spacial score (nSPS) is 11.6. The molecule has 0 spiro atoms. The van der Waals surface area contributed by atoms with Crippen LogP contribution in [-0.2, 0) is 20.0 Å². The number of hydrogen-bond donors (Lipinski definition) is 5. The van der Waals surface area contributed by atoms with Crippen molar-refractivity contribution >= 4 is 43.0 Å². The van der Waals surface area contributed by atoms with Gasteiger partial charge in [-0.25, -0.2) is 16.8 Å². The van der Waals surface area contributed by atoms with Crippen molar-refractivity contribution in [3.8, 4) is 11.5 Å². The van der Waals surface area contributed by atoms with Crippen LogP contribution in [0.2, 0.25) is 0 Å². The van der Waals surface area contributed by atoms with E-state index in [1.165, 1.54) is 30.3 Å². The molecule has 0 saturated carbocycles. The van der Waals surface area contributed by atoms with Crippen LogP contribution in [0.4, 0.5) is 17.1 Å². The van der Waals surface area contributed by atoms with Gasteiger partial charge in [0.2, 0.25) is 20.0 Å². The number of para-hydroxylation sites is 1. The second-order valence-electron chi connectivity index (χ2n) is 5.63. The summed E-state index contributed by atoms with van der Waals surface area (Å²) >= 11 is 0. The lowest BCUT2D eigenvalue weighted by molar-refractivity contribution is 0.102. The minimum absolute atomic E-state index is 0.0766. The number of phenolic OH excluding ortho intramolecular Hbond substituents is 2. The summed E-state index contributed by atoms with van der Waals surface area (Å²) in [6.07, 6.45) is 1.78. The Hall–Kier alpha value is -2.99. The predicted molar refractivity (Wildman–Crippen MR) is 101 cm³/mol. The fourth-order valence-corrected chi connectivity index (χ4v) is 3.27. The lowest BCUT2D eigenvalue weighted by atomic mass is 10.1. The van der Waals surface area contributed by atoms with Crippen LogP contribution in [0.1, 0.15) is 10.4 Å². The molecule has 2 aromatic carbocycles. The molecule has 0 radical (unpaired) electrons. The molecule has 12 heteroatoms. The summed E-state index contributed by atoms with van der Waals surface area (Å²) in [6, 6.07) is 7.54. The van der Waals surface area contributed by atoms with Crippen LogP contribution in [0.5, 0.6) is 11.5 Å². The van der Waals surface area contributed by atoms with Crippen molar-refractivity contribution < 1.29 is 31.8 Å². The van der Waals surface area contributed by atoms with E-state index in [2.05, 4.69) is 14.8 Å². The third-order valence-electron chi connectivity index (χ3n) is 3.13. The van der Waals surface area contributed by atoms with Gasteiger partial charge in [0.15, 0.2) is 0 Å². The molecule has 0 heterocycles. The minimum Gasteiger partial charge on any atom is -0.506 e. The number of amides is 1. The molecule has 0 saturated heterocycles. The Morgan fingerprint density at radius 1 is 0.889 bits per heavy atom. The number of carbonyl (C=O) groups is 1. The molecule has 0 atom stereocenters. The number of benzene rings is 2. The molecular formula is C15H17N3O7S2. The van der Waals surface area contributed by atoms with E-state index >= 15 is 0 Å². The maximum atomic E-state index is 12.4. The molecule has 0 aromatic heterocycles. The van der Waals surface area contributed by atoms with Gasteiger partial charge in [-0.05, 0) is 24.3 Å². The highest BCUT2D eigenvalue weighted by molar-refractivity contribution is 7.92. The first-order chi connectivity index (χ1) is 12.4. The zero-order chi connectivity index (χ0) is 20.4. The maximum Gasteiger partial charge on any atom is 0.257 e. The fraction of sp³-hybridized carbons (Fsp3) is 0.133. The molecule has 0 fully saturated rings. The Kier molecular flexibility index (Phi) is 5.51. The monoisotopic (exact) mass is 415 g/mol. The van der Waals surface area contributed by atoms with Crippen LogP contribution in [0.3, 0.4) is 0 Å². The molecule has 0 unspecified atom stereocenters. The molecule has 5 N–H and O–H groups in total. The van der Waals surface area contributed by atoms with Crippen LogP contribution >= 0.6 is 0 Å². The van der Waals surface area contributed by atoms with Crippen molar-refractivity contribution in [2.24, 2.45) is 0 Å². The lowest BCUT2D eigenvalue weighted by Crippen LogP contribution is -2.17. The summed E-state index contributed by atoms with van der Waals surface area (Å²) in [6.45, 7) is 0. The second-order valence-corrected chi connectivity index (χ2v) is 9.13. The van der Waals surface area contributed by atoms with Gasteiger partial charge in [0.25, 0.3) is 5.91 Å². The highest BCUT2D eigenvalue weighted by Gasteiger charge is 2.18. The number of aromatic hydroxyl groups is 2. The molecule has 10 nitrogen and oxygen atoms in total. The summed E-state index contributed by atoms with van der Waals surface area (Å²) in [7, 11) is -7.35. The first-order valence-electron chi connectivity index (χ1n) is 7.27. The van der Waals surface area contributed by atoms with Crippen molar-refractivity contribution in [3.05, 3.63) is 42.0 Å². The van der Waals surface area contributed by atoms with Gasteiger partial charge >= 0.3 is 0 Å². The summed E-state index contributed by atoms with van der Waals surface area (Å²) in [5.74, 6) is -1.63. The smallest absolute Gasteiger partial charge is 0.257 e. The van der Waals surface area contributed by atoms with Crippen LogP contribution in [-0.4, -0.2) is 45.5 Å². The molecular weight excluding hydrogens is 398 g/mol. The maximum absolute atomic E-state index is 12.4. The van der Waals surface area contributed by atoms with Gasteiger partial charge in [0.05, 0.1) is 23.8 Å². The van der Waals surface area contributed by atoms with Gasteiger partial charge < -0.3 is 15.5 Å². The minimum atomic E-state index is -3.75. The molecule has 2 aromatic rings. The number of nitrogens with one attached hydrogen (secondary N) is 3. The SMILES string of the molecule is CS(=O)(=O)Nc1ccc(NC(=O)c2cccc(O)c2NS(C)(=O)=O)cc1O. The van der Waals surface area contributed by atoms with Crippen LogP contribution in [0.15, 0.2) is 36.4 Å². The first kappa shape index (κ1) is 20.3. The Labute approximate surface area is 156 Å². The zero-order valence-corrected chi connectivity index (χ0v) is 15.8. The number of rotatable bonds is 6. The average Bonchev–Trinajstić information content (AvgIpc) is 2.49. The van der Waals surface area contributed by atoms with E-state index in [-0.39, 0.29) is 22.6 Å². The number of sulfonamides is 2. The first-order valence-corrected chi connectivity index (χ1v) is 11.1. The van der Waals surface area contributed by atoms with E-state index in [4.69, 9.17) is 0 Å². The van der Waals surface area contributed by atoms with Crippen molar-refractivity contribution in [1.82, 2.24) is 0 Å². The van der Waals surface area contributed by atoms with Gasteiger partial charge in [-0.2, -0.15) is 0 Å². The van der Waals surface area contributed by atoms with Crippen molar-refractivity contribution in [2.45, 2.75) is 0 Å². The average molecular weight is 415 g/mol. The summed E-state index contributed by atoms with van der Waals surface area (Å²) < 4.78 is 49.5. The third kappa shape index (κ3) is 5.76. The molecule has 0 bridgehead atoms. The molecule has 0 aliphatic rings. The molecule has 2 rings (SSSR count). The zero-order valence-electron chi connectivity index (χ0n) is 14.2. The Morgan fingerprint density at radius 3 is 2.07 bits per heavy atom. The standard InChI is InChI=1S/C15H17N3O7S2/c1-26(22,23)17-11-7-6-9(8-13(11)20)16-15(21)10-4-3-5-12(19)14(10)18-27(2,24)25/h3-8,17-20H,1-2H3,(H,16,21). The van der Waals surface area contributed by atoms with Crippen molar-refractivity contribution in [3.63, 3.8) is 0 Å². The van der Waals surface area contributed by atoms with Gasteiger partial charge in [-0.15, -0.1) is 0 Å². The van der Waals surface area contributed by atoms with Crippen molar-refractivity contribution in [2.75, 3.05) is 27.3 Å². The largest absolute Gasteiger partial charge is 0.506 e. The predicted octanol–water partition coefficient (Wildman–Crippen LogP) is 1.09. The van der Waals surface area contributed by atoms with E-state index in [9.17, 15) is 31.8 Å². The highest BCUT2D eigenvalue weighted by Crippen LogP contribution is 2.30. The highest BCUT2D eigenvalue weighted by atomic mass is 32.2. The van der Waals surface area contributed by atoms with Crippen LogP contribution < -0.4 is 14.8 Å². The van der Waals surface area contributed by atoms with E-state index < -0.39 is 37.5 Å². The topological polar surface area (TPSA) is 162 Å². The molecule has 0 aliphatic carbocycles. The van der Waals surface area contributed by atoms with E-state index in [1.807, 2.05) is 0 Å². The van der Waals surface area contributed by atoms with Gasteiger partial charge in [0.1, 0.15) is 17.2 Å². The van der Waals surface area contributed by atoms with Crippen LogP contribution in [0.25, 0.3) is 0 Å². The number of carbonyl (C=O) groups excluding carboxylic acids is 1. The Morgan fingerprint density at radius 2 is 1.52 bits per heavy atom.